The fraction of sp³-hybridized carbons (Fsp3) is 0.360. The largest absolute Gasteiger partial charge is 0.401 e. The van der Waals surface area contributed by atoms with E-state index in [9.17, 15) is 18.0 Å². The Morgan fingerprint density at radius 2 is 1.80 bits per heavy atom. The molecule has 2 aliphatic rings. The average molecular weight is 504 g/mol. The number of carbonyl (C=O) groups is 1. The Kier molecular flexibility index (Phi) is 6.46. The Bertz CT molecular complexity index is 1200. The average Bonchev–Trinajstić information content (AvgIpc) is 3.50. The topological polar surface area (TPSA) is 62.2 Å². The maximum atomic E-state index is 13.1. The van der Waals surface area contributed by atoms with Crippen LogP contribution in [0.3, 0.4) is 0 Å². The SMILES string of the molecule is O=C(Nc1c2c(nn1-c1ccccc1)CCC2)N[C@H]1CN(CC(F)(F)F)C[C@@H]1c1ccc(Cl)cc1. The van der Waals surface area contributed by atoms with Crippen molar-refractivity contribution < 1.29 is 18.0 Å². The zero-order chi connectivity index (χ0) is 24.6. The molecule has 35 heavy (non-hydrogen) atoms. The molecule has 10 heteroatoms. The van der Waals surface area contributed by atoms with Gasteiger partial charge in [0.05, 0.1) is 24.0 Å². The highest BCUT2D eigenvalue weighted by molar-refractivity contribution is 6.30. The molecule has 184 valence electrons. The van der Waals surface area contributed by atoms with E-state index in [1.807, 2.05) is 30.3 Å². The lowest BCUT2D eigenvalue weighted by Crippen LogP contribution is -2.43. The number of alkyl halides is 3. The van der Waals surface area contributed by atoms with Crippen LogP contribution in [0.15, 0.2) is 54.6 Å². The maximum Gasteiger partial charge on any atom is 0.401 e. The van der Waals surface area contributed by atoms with Crippen LogP contribution in [0.5, 0.6) is 0 Å². The summed E-state index contributed by atoms with van der Waals surface area (Å²) in [6.45, 7) is -0.745. The van der Waals surface area contributed by atoms with E-state index >= 15 is 0 Å². The third kappa shape index (κ3) is 5.31. The van der Waals surface area contributed by atoms with Crippen molar-refractivity contribution in [3.8, 4) is 5.69 Å². The number of hydrogen-bond donors (Lipinski definition) is 2. The number of hydrogen-bond acceptors (Lipinski definition) is 3. The van der Waals surface area contributed by atoms with E-state index in [0.717, 1.165) is 41.8 Å². The van der Waals surface area contributed by atoms with Gasteiger partial charge in [0.2, 0.25) is 0 Å². The zero-order valence-corrected chi connectivity index (χ0v) is 19.6. The lowest BCUT2D eigenvalue weighted by Gasteiger charge is -2.21. The number of aromatic nitrogens is 2. The lowest BCUT2D eigenvalue weighted by atomic mass is 9.94. The molecule has 2 aromatic carbocycles. The number of likely N-dealkylation sites (tertiary alicyclic amines) is 1. The predicted molar refractivity (Wildman–Crippen MR) is 128 cm³/mol. The molecular formula is C25H25ClF3N5O. The lowest BCUT2D eigenvalue weighted by molar-refractivity contribution is -0.143. The fourth-order valence-corrected chi connectivity index (χ4v) is 5.18. The van der Waals surface area contributed by atoms with E-state index in [2.05, 4.69) is 10.6 Å². The van der Waals surface area contributed by atoms with Crippen LogP contribution in [0.4, 0.5) is 23.8 Å². The van der Waals surface area contributed by atoms with Gasteiger partial charge in [-0.1, -0.05) is 41.9 Å². The van der Waals surface area contributed by atoms with Crippen molar-refractivity contribution in [2.75, 3.05) is 25.0 Å². The first kappa shape index (κ1) is 23.7. The highest BCUT2D eigenvalue weighted by atomic mass is 35.5. The summed E-state index contributed by atoms with van der Waals surface area (Å²) in [5.74, 6) is 0.305. The summed E-state index contributed by atoms with van der Waals surface area (Å²) in [6, 6.07) is 15.6. The van der Waals surface area contributed by atoms with Gasteiger partial charge in [0, 0.05) is 29.6 Å². The summed E-state index contributed by atoms with van der Waals surface area (Å²) in [4.78, 5) is 14.5. The molecule has 2 amide bonds. The van der Waals surface area contributed by atoms with Gasteiger partial charge in [0.1, 0.15) is 5.82 Å². The number of urea groups is 1. The third-order valence-corrected chi connectivity index (χ3v) is 6.80. The number of benzene rings is 2. The van der Waals surface area contributed by atoms with Crippen LogP contribution in [0.1, 0.15) is 29.2 Å². The van der Waals surface area contributed by atoms with E-state index in [4.69, 9.17) is 16.7 Å². The number of carbonyl (C=O) groups excluding carboxylic acids is 1. The molecule has 1 aliphatic carbocycles. The van der Waals surface area contributed by atoms with Crippen LogP contribution in [0, 0.1) is 0 Å². The minimum Gasteiger partial charge on any atom is -0.333 e. The first-order valence-electron chi connectivity index (χ1n) is 11.5. The first-order valence-corrected chi connectivity index (χ1v) is 11.9. The van der Waals surface area contributed by atoms with Crippen molar-refractivity contribution >= 4 is 23.4 Å². The molecule has 1 saturated heterocycles. The third-order valence-electron chi connectivity index (χ3n) is 6.55. The molecule has 1 aliphatic heterocycles. The highest BCUT2D eigenvalue weighted by Gasteiger charge is 2.40. The molecule has 1 fully saturated rings. The zero-order valence-electron chi connectivity index (χ0n) is 18.9. The van der Waals surface area contributed by atoms with Crippen LogP contribution in [-0.4, -0.2) is 52.6 Å². The second-order valence-electron chi connectivity index (χ2n) is 9.05. The van der Waals surface area contributed by atoms with Crippen LogP contribution in [-0.2, 0) is 12.8 Å². The van der Waals surface area contributed by atoms with Crippen LogP contribution < -0.4 is 10.6 Å². The Balaban J connectivity index is 1.37. The molecule has 1 aromatic heterocycles. The van der Waals surface area contributed by atoms with E-state index in [0.29, 0.717) is 10.8 Å². The molecule has 0 unspecified atom stereocenters. The number of halogens is 4. The summed E-state index contributed by atoms with van der Waals surface area (Å²) in [7, 11) is 0. The van der Waals surface area contributed by atoms with Crippen molar-refractivity contribution in [3.05, 3.63) is 76.4 Å². The summed E-state index contributed by atoms with van der Waals surface area (Å²) in [5.41, 5.74) is 3.62. The maximum absolute atomic E-state index is 13.1. The van der Waals surface area contributed by atoms with Crippen molar-refractivity contribution in [1.29, 1.82) is 0 Å². The van der Waals surface area contributed by atoms with Gasteiger partial charge in [-0.25, -0.2) is 9.48 Å². The Labute approximate surface area is 206 Å². The van der Waals surface area contributed by atoms with Crippen LogP contribution in [0.25, 0.3) is 5.69 Å². The van der Waals surface area contributed by atoms with Crippen molar-refractivity contribution in [3.63, 3.8) is 0 Å². The molecule has 2 atom stereocenters. The monoisotopic (exact) mass is 503 g/mol. The first-order chi connectivity index (χ1) is 16.8. The van der Waals surface area contributed by atoms with Gasteiger partial charge in [0.25, 0.3) is 0 Å². The number of fused-ring (bicyclic) bond motifs is 1. The quantitative estimate of drug-likeness (QED) is 0.505. The van der Waals surface area contributed by atoms with Crippen molar-refractivity contribution in [1.82, 2.24) is 20.0 Å². The van der Waals surface area contributed by atoms with Gasteiger partial charge in [-0.05, 0) is 49.1 Å². The second-order valence-corrected chi connectivity index (χ2v) is 9.48. The fourth-order valence-electron chi connectivity index (χ4n) is 5.05. The molecule has 0 bridgehead atoms. The van der Waals surface area contributed by atoms with Gasteiger partial charge in [-0.3, -0.25) is 10.2 Å². The molecular weight excluding hydrogens is 479 g/mol. The van der Waals surface area contributed by atoms with Gasteiger partial charge in [-0.15, -0.1) is 0 Å². The number of rotatable bonds is 5. The van der Waals surface area contributed by atoms with Gasteiger partial charge in [-0.2, -0.15) is 18.3 Å². The number of anilines is 1. The van der Waals surface area contributed by atoms with Crippen LogP contribution >= 0.6 is 11.6 Å². The molecule has 5 rings (SSSR count). The Morgan fingerprint density at radius 3 is 2.51 bits per heavy atom. The molecule has 0 saturated carbocycles. The smallest absolute Gasteiger partial charge is 0.333 e. The Morgan fingerprint density at radius 1 is 1.06 bits per heavy atom. The molecule has 6 nitrogen and oxygen atoms in total. The van der Waals surface area contributed by atoms with Crippen molar-refractivity contribution in [2.45, 2.75) is 37.4 Å². The van der Waals surface area contributed by atoms with E-state index in [1.54, 1.807) is 28.9 Å². The Hall–Kier alpha value is -3.04. The number of nitrogens with one attached hydrogen (secondary N) is 2. The predicted octanol–water partition coefficient (Wildman–Crippen LogP) is 5.17. The molecule has 0 radical (unpaired) electrons. The number of nitrogens with zero attached hydrogens (tertiary/aromatic N) is 3. The molecule has 0 spiro atoms. The van der Waals surface area contributed by atoms with E-state index in [1.165, 1.54) is 4.90 Å². The summed E-state index contributed by atoms with van der Waals surface area (Å²) in [5, 5.41) is 11.1. The second kappa shape index (κ2) is 9.54. The summed E-state index contributed by atoms with van der Waals surface area (Å²) < 4.78 is 41.0. The van der Waals surface area contributed by atoms with Gasteiger partial charge >= 0.3 is 12.2 Å². The normalized spacial score (nSPS) is 20.1. The summed E-state index contributed by atoms with van der Waals surface area (Å²) in [6.07, 6.45) is -1.69. The standard InChI is InChI=1S/C25H25ClF3N5O/c26-17-11-9-16(10-12-17)20-13-33(15-25(27,28)29)14-22(20)30-24(35)31-23-19-7-4-8-21(19)32-34(23)18-5-2-1-3-6-18/h1-3,5-6,9-12,20,22H,4,7-8,13-15H2,(H2,30,31,35)/t20-,22+/m1/s1. The number of para-hydroxylation sites is 1. The van der Waals surface area contributed by atoms with Gasteiger partial charge in [0.15, 0.2) is 0 Å². The van der Waals surface area contributed by atoms with Gasteiger partial charge < -0.3 is 5.32 Å². The van der Waals surface area contributed by atoms with Crippen molar-refractivity contribution in [2.24, 2.45) is 0 Å². The minimum atomic E-state index is -4.32. The molecule has 2 N–H and O–H groups in total. The van der Waals surface area contributed by atoms with E-state index < -0.39 is 24.8 Å². The van der Waals surface area contributed by atoms with E-state index in [-0.39, 0.29) is 19.0 Å². The number of aryl methyl sites for hydroxylation is 1. The summed E-state index contributed by atoms with van der Waals surface area (Å²) >= 11 is 6.00. The number of amides is 2. The van der Waals surface area contributed by atoms with Crippen LogP contribution in [0.2, 0.25) is 5.02 Å². The molecule has 2 heterocycles. The molecule has 3 aromatic rings. The highest BCUT2D eigenvalue weighted by Crippen LogP contribution is 2.33. The minimum absolute atomic E-state index is 0.0935.